The monoisotopic (exact) mass is 226 g/mol. The van der Waals surface area contributed by atoms with Crippen LogP contribution >= 0.6 is 0 Å². The number of amides is 1. The molecule has 1 atom stereocenters. The normalized spacial score (nSPS) is 21.9. The van der Waals surface area contributed by atoms with Crippen LogP contribution in [0.4, 0.5) is 0 Å². The summed E-state index contributed by atoms with van der Waals surface area (Å²) in [6, 6.07) is 0. The molecule has 0 aromatic heterocycles. The van der Waals surface area contributed by atoms with Crippen LogP contribution in [0.3, 0.4) is 0 Å². The number of hydrogen-bond acceptors (Lipinski definition) is 2. The number of hydrogen-bond donors (Lipinski definition) is 1. The van der Waals surface area contributed by atoms with E-state index in [0.29, 0.717) is 12.3 Å². The van der Waals surface area contributed by atoms with Crippen molar-refractivity contribution in [1.29, 1.82) is 0 Å². The van der Waals surface area contributed by atoms with Gasteiger partial charge in [-0.3, -0.25) is 4.79 Å². The van der Waals surface area contributed by atoms with Crippen LogP contribution in [0.25, 0.3) is 0 Å². The minimum Gasteiger partial charge on any atom is -0.343 e. The van der Waals surface area contributed by atoms with Crippen LogP contribution < -0.4 is 5.32 Å². The quantitative estimate of drug-likeness (QED) is 0.778. The maximum absolute atomic E-state index is 11.9. The summed E-state index contributed by atoms with van der Waals surface area (Å²) in [5.41, 5.74) is 0. The Hall–Kier alpha value is -0.570. The second-order valence-corrected chi connectivity index (χ2v) is 4.82. The Balaban J connectivity index is 2.31. The summed E-state index contributed by atoms with van der Waals surface area (Å²) >= 11 is 0. The first-order valence-electron chi connectivity index (χ1n) is 6.70. The fraction of sp³-hybridized carbons (Fsp3) is 0.923. The molecule has 3 nitrogen and oxygen atoms in total. The Morgan fingerprint density at radius 2 is 2.19 bits per heavy atom. The van der Waals surface area contributed by atoms with Crippen LogP contribution in [-0.4, -0.2) is 37.5 Å². The zero-order valence-electron chi connectivity index (χ0n) is 10.8. The van der Waals surface area contributed by atoms with Crippen molar-refractivity contribution in [2.24, 2.45) is 5.92 Å². The number of carbonyl (C=O) groups excluding carboxylic acids is 1. The van der Waals surface area contributed by atoms with Gasteiger partial charge in [0.05, 0.1) is 0 Å². The van der Waals surface area contributed by atoms with Crippen molar-refractivity contribution in [3.63, 3.8) is 0 Å². The third-order valence-corrected chi connectivity index (χ3v) is 3.49. The summed E-state index contributed by atoms with van der Waals surface area (Å²) in [6.07, 6.45) is 6.96. The van der Waals surface area contributed by atoms with Gasteiger partial charge in [-0.2, -0.15) is 0 Å². The molecule has 0 radical (unpaired) electrons. The smallest absolute Gasteiger partial charge is 0.223 e. The first kappa shape index (κ1) is 13.5. The maximum atomic E-state index is 11.9. The molecule has 0 saturated carbocycles. The molecular weight excluding hydrogens is 200 g/mol. The molecule has 1 aliphatic rings. The van der Waals surface area contributed by atoms with E-state index >= 15 is 0 Å². The van der Waals surface area contributed by atoms with Gasteiger partial charge >= 0.3 is 0 Å². The van der Waals surface area contributed by atoms with Gasteiger partial charge in [0.25, 0.3) is 0 Å². The summed E-state index contributed by atoms with van der Waals surface area (Å²) in [7, 11) is 1.90. The molecule has 1 aliphatic heterocycles. The maximum Gasteiger partial charge on any atom is 0.223 e. The number of carbonyl (C=O) groups is 1. The highest BCUT2D eigenvalue weighted by molar-refractivity contribution is 5.76. The highest BCUT2D eigenvalue weighted by atomic mass is 16.2. The molecule has 0 spiro atoms. The average Bonchev–Trinajstić information content (AvgIpc) is 2.52. The van der Waals surface area contributed by atoms with Gasteiger partial charge in [-0.15, -0.1) is 0 Å². The van der Waals surface area contributed by atoms with E-state index in [1.54, 1.807) is 0 Å². The molecule has 1 heterocycles. The highest BCUT2D eigenvalue weighted by Crippen LogP contribution is 2.22. The molecule has 1 fully saturated rings. The number of nitrogens with one attached hydrogen (secondary N) is 1. The van der Waals surface area contributed by atoms with E-state index in [1.165, 1.54) is 32.1 Å². The number of likely N-dealkylation sites (tertiary alicyclic amines) is 1. The summed E-state index contributed by atoms with van der Waals surface area (Å²) in [4.78, 5) is 13.9. The summed E-state index contributed by atoms with van der Waals surface area (Å²) < 4.78 is 0. The zero-order valence-corrected chi connectivity index (χ0v) is 10.8. The van der Waals surface area contributed by atoms with E-state index in [-0.39, 0.29) is 0 Å². The average molecular weight is 226 g/mol. The van der Waals surface area contributed by atoms with E-state index in [1.807, 2.05) is 7.05 Å². The van der Waals surface area contributed by atoms with Gasteiger partial charge in [-0.25, -0.2) is 0 Å². The Bertz CT molecular complexity index is 206. The molecule has 3 heteroatoms. The van der Waals surface area contributed by atoms with E-state index in [2.05, 4.69) is 17.1 Å². The highest BCUT2D eigenvalue weighted by Gasteiger charge is 2.19. The molecule has 1 rings (SSSR count). The minimum atomic E-state index is 0.325. The molecule has 16 heavy (non-hydrogen) atoms. The van der Waals surface area contributed by atoms with Gasteiger partial charge < -0.3 is 10.2 Å². The lowest BCUT2D eigenvalue weighted by molar-refractivity contribution is -0.131. The summed E-state index contributed by atoms with van der Waals surface area (Å²) in [5.74, 6) is 1.18. The zero-order chi connectivity index (χ0) is 11.8. The fourth-order valence-corrected chi connectivity index (χ4v) is 2.50. The van der Waals surface area contributed by atoms with Gasteiger partial charge in [0.2, 0.25) is 5.91 Å². The van der Waals surface area contributed by atoms with E-state index in [0.717, 1.165) is 25.6 Å². The standard InChI is InChI=1S/C13H26N2O/c1-3-5-12-6-4-10-15(11-8-12)13(16)7-9-14-2/h12,14H,3-11H2,1-2H3. The van der Waals surface area contributed by atoms with Crippen molar-refractivity contribution in [3.8, 4) is 0 Å². The topological polar surface area (TPSA) is 32.3 Å². The second-order valence-electron chi connectivity index (χ2n) is 4.82. The third kappa shape index (κ3) is 4.52. The molecular formula is C13H26N2O. The van der Waals surface area contributed by atoms with Gasteiger partial charge in [-0.1, -0.05) is 19.8 Å². The van der Waals surface area contributed by atoms with Crippen LogP contribution in [0.1, 0.15) is 45.4 Å². The Morgan fingerprint density at radius 3 is 2.88 bits per heavy atom. The van der Waals surface area contributed by atoms with Crippen LogP contribution in [0.5, 0.6) is 0 Å². The van der Waals surface area contributed by atoms with Crippen molar-refractivity contribution >= 4 is 5.91 Å². The predicted molar refractivity (Wildman–Crippen MR) is 67.4 cm³/mol. The molecule has 0 bridgehead atoms. The van der Waals surface area contributed by atoms with Crippen molar-refractivity contribution in [3.05, 3.63) is 0 Å². The van der Waals surface area contributed by atoms with E-state index in [9.17, 15) is 4.79 Å². The van der Waals surface area contributed by atoms with Gasteiger partial charge in [0.15, 0.2) is 0 Å². The molecule has 1 unspecified atom stereocenters. The SMILES string of the molecule is CCCC1CCCN(C(=O)CCNC)CC1. The van der Waals surface area contributed by atoms with Crippen LogP contribution in [-0.2, 0) is 4.79 Å². The van der Waals surface area contributed by atoms with Crippen molar-refractivity contribution < 1.29 is 4.79 Å². The molecule has 1 N–H and O–H groups in total. The summed E-state index contributed by atoms with van der Waals surface area (Å²) in [6.45, 7) is 5.00. The van der Waals surface area contributed by atoms with Gasteiger partial charge in [0, 0.05) is 26.1 Å². The Morgan fingerprint density at radius 1 is 1.38 bits per heavy atom. The molecule has 0 aromatic carbocycles. The third-order valence-electron chi connectivity index (χ3n) is 3.49. The Kier molecular flexibility index (Phi) is 6.46. The number of rotatable bonds is 5. The lowest BCUT2D eigenvalue weighted by atomic mass is 9.96. The van der Waals surface area contributed by atoms with Crippen LogP contribution in [0, 0.1) is 5.92 Å². The number of nitrogens with zero attached hydrogens (tertiary/aromatic N) is 1. The van der Waals surface area contributed by atoms with Crippen molar-refractivity contribution in [2.45, 2.75) is 45.4 Å². The largest absolute Gasteiger partial charge is 0.343 e. The van der Waals surface area contributed by atoms with E-state index in [4.69, 9.17) is 0 Å². The van der Waals surface area contributed by atoms with Crippen molar-refractivity contribution in [2.75, 3.05) is 26.7 Å². The first-order valence-corrected chi connectivity index (χ1v) is 6.70. The second kappa shape index (κ2) is 7.66. The molecule has 0 aromatic rings. The lowest BCUT2D eigenvalue weighted by Gasteiger charge is -2.20. The minimum absolute atomic E-state index is 0.325. The predicted octanol–water partition coefficient (Wildman–Crippen LogP) is 2.02. The summed E-state index contributed by atoms with van der Waals surface area (Å²) in [5, 5.41) is 3.03. The lowest BCUT2D eigenvalue weighted by Crippen LogP contribution is -2.33. The van der Waals surface area contributed by atoms with Gasteiger partial charge in [-0.05, 0) is 32.2 Å². The van der Waals surface area contributed by atoms with Gasteiger partial charge in [0.1, 0.15) is 0 Å². The molecule has 0 aliphatic carbocycles. The molecule has 1 amide bonds. The van der Waals surface area contributed by atoms with E-state index < -0.39 is 0 Å². The first-order chi connectivity index (χ1) is 7.77. The van der Waals surface area contributed by atoms with Crippen LogP contribution in [0.15, 0.2) is 0 Å². The Labute approximate surface area is 99.6 Å². The molecule has 94 valence electrons. The van der Waals surface area contributed by atoms with Crippen LogP contribution in [0.2, 0.25) is 0 Å². The van der Waals surface area contributed by atoms with Crippen molar-refractivity contribution in [1.82, 2.24) is 10.2 Å². The fourth-order valence-electron chi connectivity index (χ4n) is 2.50. The molecule has 1 saturated heterocycles.